The van der Waals surface area contributed by atoms with Gasteiger partial charge >= 0.3 is 11.9 Å². The molecule has 1 unspecified atom stereocenters. The Morgan fingerprint density at radius 3 is 1.86 bits per heavy atom. The molecule has 1 atom stereocenters. The fourth-order valence-electron chi connectivity index (χ4n) is 2.12. The van der Waals surface area contributed by atoms with E-state index >= 15 is 0 Å². The second kappa shape index (κ2) is 7.30. The predicted molar refractivity (Wildman–Crippen MR) is 88.4 cm³/mol. The first-order valence-corrected chi connectivity index (χ1v) is 7.72. The van der Waals surface area contributed by atoms with Crippen LogP contribution in [0.25, 0.3) is 0 Å². The lowest BCUT2D eigenvalue weighted by molar-refractivity contribution is -0.176. The minimum atomic E-state index is -0.583. The van der Waals surface area contributed by atoms with E-state index < -0.39 is 11.6 Å². The van der Waals surface area contributed by atoms with Gasteiger partial charge in [-0.3, -0.25) is 4.79 Å². The van der Waals surface area contributed by atoms with Crippen molar-refractivity contribution in [1.29, 1.82) is 0 Å². The summed E-state index contributed by atoms with van der Waals surface area (Å²) in [7, 11) is 0. The largest absolute Gasteiger partial charge is 0.462 e. The number of ether oxygens (including phenoxy) is 2. The van der Waals surface area contributed by atoms with E-state index in [1.165, 1.54) is 0 Å². The molecular weight excluding hydrogens is 280 g/mol. The molecular formula is C18H32O4. The van der Waals surface area contributed by atoms with Gasteiger partial charge < -0.3 is 9.47 Å². The van der Waals surface area contributed by atoms with Crippen molar-refractivity contribution in [2.45, 2.75) is 73.8 Å². The van der Waals surface area contributed by atoms with Crippen molar-refractivity contribution in [2.75, 3.05) is 6.61 Å². The Balaban J connectivity index is 4.72. The smallest absolute Gasteiger partial charge is 0.333 e. The fourth-order valence-corrected chi connectivity index (χ4v) is 2.12. The van der Waals surface area contributed by atoms with Gasteiger partial charge in [0.25, 0.3) is 0 Å². The number of carbonyl (C=O) groups excluding carboxylic acids is 2. The summed E-state index contributed by atoms with van der Waals surface area (Å²) in [4.78, 5) is 23.4. The van der Waals surface area contributed by atoms with E-state index in [0.717, 1.165) is 6.42 Å². The third-order valence-electron chi connectivity index (χ3n) is 3.68. The molecule has 4 heteroatoms. The summed E-state index contributed by atoms with van der Waals surface area (Å²) in [5, 5.41) is 0. The molecule has 0 N–H and O–H groups in total. The fraction of sp³-hybridized carbons (Fsp3) is 0.778. The standard InChI is InChI=1S/C18H32O4/c1-13(2)15(20)21-11-10-14(19)22-18(9,17(6,7)8)12-16(3,4)5/h1,10-12H2,2-9H3. The Bertz CT molecular complexity index is 423. The number of hydrogen-bond acceptors (Lipinski definition) is 4. The van der Waals surface area contributed by atoms with E-state index in [4.69, 9.17) is 9.47 Å². The van der Waals surface area contributed by atoms with Crippen LogP contribution < -0.4 is 0 Å². The summed E-state index contributed by atoms with van der Waals surface area (Å²) in [6, 6.07) is 0. The van der Waals surface area contributed by atoms with Gasteiger partial charge in [-0.2, -0.15) is 0 Å². The van der Waals surface area contributed by atoms with Crippen molar-refractivity contribution in [1.82, 2.24) is 0 Å². The first-order chi connectivity index (χ1) is 9.68. The van der Waals surface area contributed by atoms with Crippen LogP contribution in [0.2, 0.25) is 0 Å². The van der Waals surface area contributed by atoms with Crippen molar-refractivity contribution in [3.05, 3.63) is 12.2 Å². The summed E-state index contributed by atoms with van der Waals surface area (Å²) in [5.41, 5.74) is -0.416. The average Bonchev–Trinajstić information content (AvgIpc) is 2.23. The van der Waals surface area contributed by atoms with E-state index in [2.05, 4.69) is 48.1 Å². The summed E-state index contributed by atoms with van der Waals surface area (Å²) >= 11 is 0. The van der Waals surface area contributed by atoms with Crippen LogP contribution in [-0.2, 0) is 19.1 Å². The van der Waals surface area contributed by atoms with Gasteiger partial charge in [-0.1, -0.05) is 48.1 Å². The summed E-state index contributed by atoms with van der Waals surface area (Å²) < 4.78 is 10.7. The molecule has 0 fully saturated rings. The highest BCUT2D eigenvalue weighted by Gasteiger charge is 2.43. The van der Waals surface area contributed by atoms with Crippen LogP contribution in [0.3, 0.4) is 0 Å². The molecule has 128 valence electrons. The topological polar surface area (TPSA) is 52.6 Å². The van der Waals surface area contributed by atoms with Crippen molar-refractivity contribution >= 4 is 11.9 Å². The molecule has 0 aromatic heterocycles. The minimum absolute atomic E-state index is 0.0142. The first-order valence-electron chi connectivity index (χ1n) is 7.72. The van der Waals surface area contributed by atoms with Gasteiger partial charge in [0.05, 0.1) is 6.42 Å². The van der Waals surface area contributed by atoms with Crippen LogP contribution in [0.4, 0.5) is 0 Å². The highest BCUT2D eigenvalue weighted by molar-refractivity contribution is 5.87. The van der Waals surface area contributed by atoms with Crippen LogP contribution in [0.5, 0.6) is 0 Å². The van der Waals surface area contributed by atoms with E-state index in [0.29, 0.717) is 5.57 Å². The molecule has 0 saturated heterocycles. The molecule has 0 bridgehead atoms. The molecule has 0 spiro atoms. The highest BCUT2D eigenvalue weighted by Crippen LogP contribution is 2.42. The Morgan fingerprint density at radius 1 is 1.00 bits per heavy atom. The molecule has 0 rings (SSSR count). The number of rotatable bonds is 6. The van der Waals surface area contributed by atoms with Gasteiger partial charge in [-0.05, 0) is 25.7 Å². The zero-order chi connectivity index (χ0) is 17.8. The molecule has 0 aromatic carbocycles. The second-order valence-corrected chi connectivity index (χ2v) is 8.36. The molecule has 22 heavy (non-hydrogen) atoms. The van der Waals surface area contributed by atoms with E-state index in [1.54, 1.807) is 6.92 Å². The van der Waals surface area contributed by atoms with Gasteiger partial charge in [0, 0.05) is 11.0 Å². The summed E-state index contributed by atoms with van der Waals surface area (Å²) in [5.74, 6) is -0.836. The minimum Gasteiger partial charge on any atom is -0.462 e. The van der Waals surface area contributed by atoms with E-state index in [1.807, 2.05) is 6.92 Å². The van der Waals surface area contributed by atoms with Gasteiger partial charge in [0.2, 0.25) is 0 Å². The van der Waals surface area contributed by atoms with Gasteiger partial charge in [-0.25, -0.2) is 4.79 Å². The van der Waals surface area contributed by atoms with Crippen molar-refractivity contribution in [3.8, 4) is 0 Å². The highest BCUT2D eigenvalue weighted by atomic mass is 16.6. The SMILES string of the molecule is C=C(C)C(=O)OCCC(=O)OC(C)(CC(C)(C)C)C(C)(C)C. The van der Waals surface area contributed by atoms with Crippen molar-refractivity contribution in [3.63, 3.8) is 0 Å². The Morgan fingerprint density at radius 2 is 1.50 bits per heavy atom. The molecule has 4 nitrogen and oxygen atoms in total. The Hall–Kier alpha value is -1.32. The molecule has 0 heterocycles. The zero-order valence-electron chi connectivity index (χ0n) is 15.5. The molecule has 0 aliphatic rings. The lowest BCUT2D eigenvalue weighted by Crippen LogP contribution is -2.47. The maximum atomic E-state index is 12.1. The van der Waals surface area contributed by atoms with Crippen LogP contribution in [0, 0.1) is 10.8 Å². The monoisotopic (exact) mass is 312 g/mol. The first kappa shape index (κ1) is 20.7. The molecule has 0 saturated carbocycles. The van der Waals surface area contributed by atoms with E-state index in [-0.39, 0.29) is 29.8 Å². The maximum absolute atomic E-state index is 12.1. The molecule has 0 amide bonds. The quantitative estimate of drug-likeness (QED) is 0.542. The third-order valence-corrected chi connectivity index (χ3v) is 3.68. The van der Waals surface area contributed by atoms with Crippen LogP contribution >= 0.6 is 0 Å². The van der Waals surface area contributed by atoms with Gasteiger partial charge in [0.15, 0.2) is 0 Å². The lowest BCUT2D eigenvalue weighted by Gasteiger charge is -2.44. The molecule has 0 aliphatic carbocycles. The summed E-state index contributed by atoms with van der Waals surface area (Å²) in [6.07, 6.45) is 0.801. The van der Waals surface area contributed by atoms with Crippen LogP contribution in [-0.4, -0.2) is 24.1 Å². The Kier molecular flexibility index (Phi) is 6.86. The zero-order valence-corrected chi connectivity index (χ0v) is 15.5. The molecule has 0 aromatic rings. The predicted octanol–water partition coefficient (Wildman–Crippen LogP) is 4.28. The maximum Gasteiger partial charge on any atom is 0.333 e. The molecule has 0 aliphatic heterocycles. The third kappa shape index (κ3) is 7.10. The van der Waals surface area contributed by atoms with Crippen molar-refractivity contribution < 1.29 is 19.1 Å². The average molecular weight is 312 g/mol. The normalized spacial score (nSPS) is 14.9. The lowest BCUT2D eigenvalue weighted by atomic mass is 9.69. The van der Waals surface area contributed by atoms with Crippen LogP contribution in [0.15, 0.2) is 12.2 Å². The Labute approximate surface area is 135 Å². The van der Waals surface area contributed by atoms with Gasteiger partial charge in [-0.15, -0.1) is 0 Å². The molecule has 0 radical (unpaired) electrons. The van der Waals surface area contributed by atoms with Crippen LogP contribution in [0.1, 0.15) is 68.2 Å². The number of carbonyl (C=O) groups is 2. The van der Waals surface area contributed by atoms with E-state index in [9.17, 15) is 9.59 Å². The van der Waals surface area contributed by atoms with Gasteiger partial charge in [0.1, 0.15) is 12.2 Å². The van der Waals surface area contributed by atoms with Crippen molar-refractivity contribution in [2.24, 2.45) is 10.8 Å². The second-order valence-electron chi connectivity index (χ2n) is 8.36. The number of esters is 2. The summed E-state index contributed by atoms with van der Waals surface area (Å²) in [6.45, 7) is 19.6. The number of hydrogen-bond donors (Lipinski definition) is 0.